The Balaban J connectivity index is 1.44. The van der Waals surface area contributed by atoms with E-state index in [2.05, 4.69) is 21.2 Å². The summed E-state index contributed by atoms with van der Waals surface area (Å²) >= 11 is 3.44. The highest BCUT2D eigenvalue weighted by atomic mass is 79.9. The second kappa shape index (κ2) is 9.84. The van der Waals surface area contributed by atoms with Crippen LogP contribution in [0.1, 0.15) is 60.7 Å². The number of benzene rings is 3. The van der Waals surface area contributed by atoms with E-state index >= 15 is 0 Å². The van der Waals surface area contributed by atoms with Crippen molar-refractivity contribution in [2.24, 2.45) is 0 Å². The average molecular weight is 535 g/mol. The number of hydrogen-bond acceptors (Lipinski definition) is 5. The number of halogens is 1. The molecule has 0 aliphatic carbocycles. The van der Waals surface area contributed by atoms with E-state index in [1.54, 1.807) is 6.92 Å². The Labute approximate surface area is 211 Å². The highest BCUT2D eigenvalue weighted by Gasteiger charge is 2.39. The molecule has 0 unspecified atom stereocenters. The molecule has 3 aromatic carbocycles. The first-order valence-electron chi connectivity index (χ1n) is 11.0. The SMILES string of the molecule is Cc1cc(NC(=O)COC(=O)c2ccc3c(c2)C(=O)N([C@@H](C)c2ccccc2)C3=O)c(C)cc1Br. The number of aryl methyl sites for hydroxylation is 2. The summed E-state index contributed by atoms with van der Waals surface area (Å²) in [6.45, 7) is 5.05. The Hall–Kier alpha value is -3.78. The molecule has 3 amide bonds. The van der Waals surface area contributed by atoms with Crippen LogP contribution in [-0.4, -0.2) is 35.2 Å². The molecular formula is C27H23BrN2O5. The molecule has 0 bridgehead atoms. The zero-order chi connectivity index (χ0) is 25.3. The van der Waals surface area contributed by atoms with Gasteiger partial charge in [0.05, 0.1) is 22.7 Å². The molecule has 178 valence electrons. The molecule has 8 heteroatoms. The number of nitrogens with zero attached hydrogens (tertiary/aromatic N) is 1. The summed E-state index contributed by atoms with van der Waals surface area (Å²) in [7, 11) is 0. The lowest BCUT2D eigenvalue weighted by atomic mass is 10.1. The summed E-state index contributed by atoms with van der Waals surface area (Å²) in [6, 6.07) is 16.7. The normalized spacial score (nSPS) is 13.4. The average Bonchev–Trinajstić information content (AvgIpc) is 3.10. The Morgan fingerprint density at radius 2 is 1.63 bits per heavy atom. The van der Waals surface area contributed by atoms with Crippen molar-refractivity contribution in [3.8, 4) is 0 Å². The summed E-state index contributed by atoms with van der Waals surface area (Å²) in [5.41, 5.74) is 3.72. The predicted octanol–water partition coefficient (Wildman–Crippen LogP) is 5.22. The first-order valence-corrected chi connectivity index (χ1v) is 11.8. The number of amides is 3. The van der Waals surface area contributed by atoms with Gasteiger partial charge >= 0.3 is 5.97 Å². The first kappa shape index (κ1) is 24.3. The van der Waals surface area contributed by atoms with Crippen LogP contribution >= 0.6 is 15.9 Å². The monoisotopic (exact) mass is 534 g/mol. The fourth-order valence-corrected chi connectivity index (χ4v) is 4.39. The lowest BCUT2D eigenvalue weighted by molar-refractivity contribution is -0.119. The Kier molecular flexibility index (Phi) is 6.84. The van der Waals surface area contributed by atoms with Gasteiger partial charge in [-0.2, -0.15) is 0 Å². The van der Waals surface area contributed by atoms with E-state index in [9.17, 15) is 19.2 Å². The molecule has 1 N–H and O–H groups in total. The topological polar surface area (TPSA) is 92.8 Å². The van der Waals surface area contributed by atoms with Gasteiger partial charge in [0.1, 0.15) is 0 Å². The van der Waals surface area contributed by atoms with Gasteiger partial charge in [0.2, 0.25) is 0 Å². The van der Waals surface area contributed by atoms with Gasteiger partial charge in [0.15, 0.2) is 6.61 Å². The summed E-state index contributed by atoms with van der Waals surface area (Å²) in [5.74, 6) is -2.14. The molecular weight excluding hydrogens is 512 g/mol. The van der Waals surface area contributed by atoms with Gasteiger partial charge in [-0.3, -0.25) is 19.3 Å². The van der Waals surface area contributed by atoms with Crippen molar-refractivity contribution in [2.45, 2.75) is 26.8 Å². The van der Waals surface area contributed by atoms with Gasteiger partial charge in [0.25, 0.3) is 17.7 Å². The zero-order valence-corrected chi connectivity index (χ0v) is 21.0. The van der Waals surface area contributed by atoms with Crippen molar-refractivity contribution in [1.82, 2.24) is 4.90 Å². The van der Waals surface area contributed by atoms with Gasteiger partial charge in [-0.05, 0) is 67.8 Å². The maximum atomic E-state index is 13.0. The fourth-order valence-electron chi connectivity index (χ4n) is 3.94. The first-order chi connectivity index (χ1) is 16.7. The van der Waals surface area contributed by atoms with E-state index < -0.39 is 36.3 Å². The van der Waals surface area contributed by atoms with Crippen LogP contribution in [0, 0.1) is 13.8 Å². The molecule has 0 saturated carbocycles. The van der Waals surface area contributed by atoms with E-state index in [1.807, 2.05) is 56.3 Å². The highest BCUT2D eigenvalue weighted by molar-refractivity contribution is 9.10. The van der Waals surface area contributed by atoms with E-state index in [-0.39, 0.29) is 16.7 Å². The lowest BCUT2D eigenvalue weighted by Crippen LogP contribution is -2.32. The molecule has 7 nitrogen and oxygen atoms in total. The van der Waals surface area contributed by atoms with Crippen LogP contribution in [0.25, 0.3) is 0 Å². The van der Waals surface area contributed by atoms with Gasteiger partial charge in [-0.1, -0.05) is 46.3 Å². The Bertz CT molecular complexity index is 1350. The number of imide groups is 1. The number of ether oxygens (including phenoxy) is 1. The summed E-state index contributed by atoms with van der Waals surface area (Å²) in [5, 5.41) is 2.73. The van der Waals surface area contributed by atoms with Gasteiger partial charge < -0.3 is 10.1 Å². The van der Waals surface area contributed by atoms with E-state index in [0.29, 0.717) is 5.69 Å². The molecule has 1 heterocycles. The van der Waals surface area contributed by atoms with Crippen LogP contribution in [0.4, 0.5) is 5.69 Å². The molecule has 0 fully saturated rings. The van der Waals surface area contributed by atoms with Gasteiger partial charge in [0, 0.05) is 10.2 Å². The molecule has 0 radical (unpaired) electrons. The minimum atomic E-state index is -0.763. The number of nitrogens with one attached hydrogen (secondary N) is 1. The number of carbonyl (C=O) groups is 4. The smallest absolute Gasteiger partial charge is 0.338 e. The van der Waals surface area contributed by atoms with Crippen LogP contribution in [0.15, 0.2) is 65.1 Å². The van der Waals surface area contributed by atoms with E-state index in [1.165, 1.54) is 23.1 Å². The second-order valence-electron chi connectivity index (χ2n) is 8.37. The maximum absolute atomic E-state index is 13.0. The standard InChI is InChI=1S/C27H23BrN2O5/c1-15-12-23(16(2)11-22(15)28)29-24(31)14-35-27(34)19-9-10-20-21(13-19)26(33)30(25(20)32)17(3)18-7-5-4-6-8-18/h4-13,17H,14H2,1-3H3,(H,29,31)/t17-/m0/s1. The molecule has 1 aliphatic heterocycles. The summed E-state index contributed by atoms with van der Waals surface area (Å²) < 4.78 is 6.08. The van der Waals surface area contributed by atoms with Crippen LogP contribution in [0.2, 0.25) is 0 Å². The minimum absolute atomic E-state index is 0.0857. The van der Waals surface area contributed by atoms with Gasteiger partial charge in [-0.25, -0.2) is 4.79 Å². The summed E-state index contributed by atoms with van der Waals surface area (Å²) in [4.78, 5) is 52.0. The molecule has 3 aromatic rings. The maximum Gasteiger partial charge on any atom is 0.338 e. The Morgan fingerprint density at radius 1 is 0.943 bits per heavy atom. The van der Waals surface area contributed by atoms with Crippen molar-refractivity contribution < 1.29 is 23.9 Å². The van der Waals surface area contributed by atoms with Crippen LogP contribution < -0.4 is 5.32 Å². The molecule has 35 heavy (non-hydrogen) atoms. The molecule has 1 atom stereocenters. The number of esters is 1. The number of hydrogen-bond donors (Lipinski definition) is 1. The van der Waals surface area contributed by atoms with Gasteiger partial charge in [-0.15, -0.1) is 0 Å². The quantitative estimate of drug-likeness (QED) is 0.345. The highest BCUT2D eigenvalue weighted by Crippen LogP contribution is 2.32. The molecule has 1 aliphatic rings. The minimum Gasteiger partial charge on any atom is -0.452 e. The Morgan fingerprint density at radius 3 is 2.34 bits per heavy atom. The molecule has 0 aromatic heterocycles. The second-order valence-corrected chi connectivity index (χ2v) is 9.22. The van der Waals surface area contributed by atoms with Crippen molar-refractivity contribution in [3.63, 3.8) is 0 Å². The zero-order valence-electron chi connectivity index (χ0n) is 19.4. The predicted molar refractivity (Wildman–Crippen MR) is 134 cm³/mol. The lowest BCUT2D eigenvalue weighted by Gasteiger charge is -2.22. The third-order valence-electron chi connectivity index (χ3n) is 5.94. The van der Waals surface area contributed by atoms with Crippen molar-refractivity contribution in [2.75, 3.05) is 11.9 Å². The fraction of sp³-hybridized carbons (Fsp3) is 0.185. The number of rotatable bonds is 6. The van der Waals surface area contributed by atoms with Crippen LogP contribution in [0.5, 0.6) is 0 Å². The van der Waals surface area contributed by atoms with E-state index in [4.69, 9.17) is 4.74 Å². The third-order valence-corrected chi connectivity index (χ3v) is 6.79. The largest absolute Gasteiger partial charge is 0.452 e. The van der Waals surface area contributed by atoms with Crippen molar-refractivity contribution >= 4 is 45.3 Å². The molecule has 0 saturated heterocycles. The van der Waals surface area contributed by atoms with E-state index in [0.717, 1.165) is 21.2 Å². The molecule has 4 rings (SSSR count). The number of anilines is 1. The summed E-state index contributed by atoms with van der Waals surface area (Å²) in [6.07, 6.45) is 0. The van der Waals surface area contributed by atoms with Crippen molar-refractivity contribution in [1.29, 1.82) is 0 Å². The van der Waals surface area contributed by atoms with Crippen LogP contribution in [-0.2, 0) is 9.53 Å². The third kappa shape index (κ3) is 4.88. The number of fused-ring (bicyclic) bond motifs is 1. The van der Waals surface area contributed by atoms with Crippen LogP contribution in [0.3, 0.4) is 0 Å². The van der Waals surface area contributed by atoms with Crippen molar-refractivity contribution in [3.05, 3.63) is 98.5 Å². The number of carbonyl (C=O) groups excluding carboxylic acids is 4. The molecule has 0 spiro atoms.